The zero-order chi connectivity index (χ0) is 11.1. The Bertz CT molecular complexity index is 258. The van der Waals surface area contributed by atoms with Gasteiger partial charge in [-0.1, -0.05) is 44.2 Å². The van der Waals surface area contributed by atoms with E-state index in [9.17, 15) is 0 Å². The van der Waals surface area contributed by atoms with Crippen molar-refractivity contribution in [2.75, 3.05) is 6.61 Å². The molecule has 0 radical (unpaired) electrons. The van der Waals surface area contributed by atoms with E-state index in [4.69, 9.17) is 5.11 Å². The summed E-state index contributed by atoms with van der Waals surface area (Å²) < 4.78 is 0. The molecule has 15 heavy (non-hydrogen) atoms. The van der Waals surface area contributed by atoms with Crippen LogP contribution in [0.2, 0.25) is 0 Å². The van der Waals surface area contributed by atoms with Crippen molar-refractivity contribution >= 4 is 0 Å². The molecule has 0 bridgehead atoms. The summed E-state index contributed by atoms with van der Waals surface area (Å²) in [5.74, 6) is 0.556. The van der Waals surface area contributed by atoms with Crippen molar-refractivity contribution in [3.63, 3.8) is 0 Å². The van der Waals surface area contributed by atoms with E-state index < -0.39 is 0 Å². The molecular formula is C13H21NO. The molecule has 0 spiro atoms. The van der Waals surface area contributed by atoms with Gasteiger partial charge in [-0.25, -0.2) is 0 Å². The summed E-state index contributed by atoms with van der Waals surface area (Å²) in [4.78, 5) is 0. The highest BCUT2D eigenvalue weighted by Crippen LogP contribution is 2.07. The van der Waals surface area contributed by atoms with Crippen LogP contribution in [-0.4, -0.2) is 17.8 Å². The molecule has 1 atom stereocenters. The summed E-state index contributed by atoms with van der Waals surface area (Å²) in [6.45, 7) is 5.49. The maximum absolute atomic E-state index is 8.94. The number of rotatable bonds is 6. The summed E-state index contributed by atoms with van der Waals surface area (Å²) >= 11 is 0. The molecule has 0 heterocycles. The molecule has 0 saturated heterocycles. The number of hydrogen-bond acceptors (Lipinski definition) is 2. The van der Waals surface area contributed by atoms with E-state index in [1.54, 1.807) is 0 Å². The molecular weight excluding hydrogens is 186 g/mol. The largest absolute Gasteiger partial charge is 0.396 e. The molecule has 2 nitrogen and oxygen atoms in total. The van der Waals surface area contributed by atoms with Crippen LogP contribution in [0, 0.1) is 5.92 Å². The van der Waals surface area contributed by atoms with Gasteiger partial charge >= 0.3 is 0 Å². The lowest BCUT2D eigenvalue weighted by Gasteiger charge is -2.21. The second-order valence-corrected chi connectivity index (χ2v) is 4.23. The Hall–Kier alpha value is -0.860. The second-order valence-electron chi connectivity index (χ2n) is 4.23. The van der Waals surface area contributed by atoms with E-state index in [-0.39, 0.29) is 6.61 Å². The van der Waals surface area contributed by atoms with Crippen LogP contribution in [0.1, 0.15) is 25.8 Å². The summed E-state index contributed by atoms with van der Waals surface area (Å²) in [5.41, 5.74) is 1.29. The molecule has 1 rings (SSSR count). The van der Waals surface area contributed by atoms with Gasteiger partial charge in [-0.05, 0) is 17.9 Å². The van der Waals surface area contributed by atoms with Crippen LogP contribution < -0.4 is 5.32 Å². The quantitative estimate of drug-likeness (QED) is 0.749. The summed E-state index contributed by atoms with van der Waals surface area (Å²) in [6, 6.07) is 10.8. The van der Waals surface area contributed by atoms with Crippen molar-refractivity contribution in [3.8, 4) is 0 Å². The number of benzene rings is 1. The topological polar surface area (TPSA) is 32.3 Å². The van der Waals surface area contributed by atoms with Gasteiger partial charge in [0.25, 0.3) is 0 Å². The monoisotopic (exact) mass is 207 g/mol. The van der Waals surface area contributed by atoms with Crippen molar-refractivity contribution in [1.29, 1.82) is 0 Å². The lowest BCUT2D eigenvalue weighted by Crippen LogP contribution is -2.34. The molecule has 1 unspecified atom stereocenters. The normalized spacial score (nSPS) is 13.1. The van der Waals surface area contributed by atoms with Crippen molar-refractivity contribution in [3.05, 3.63) is 35.9 Å². The van der Waals surface area contributed by atoms with Crippen LogP contribution in [0.3, 0.4) is 0 Å². The van der Waals surface area contributed by atoms with Gasteiger partial charge in [0.1, 0.15) is 0 Å². The number of nitrogens with one attached hydrogen (secondary N) is 1. The van der Waals surface area contributed by atoms with Crippen LogP contribution in [0.25, 0.3) is 0 Å². The van der Waals surface area contributed by atoms with E-state index >= 15 is 0 Å². The summed E-state index contributed by atoms with van der Waals surface area (Å²) in [6.07, 6.45) is 0.824. The van der Waals surface area contributed by atoms with Gasteiger partial charge in [0.2, 0.25) is 0 Å². The van der Waals surface area contributed by atoms with Gasteiger partial charge in [-0.15, -0.1) is 0 Å². The third-order valence-corrected chi connectivity index (χ3v) is 2.66. The van der Waals surface area contributed by atoms with Gasteiger partial charge in [0.05, 0.1) is 0 Å². The Labute approximate surface area is 92.3 Å². The molecule has 2 N–H and O–H groups in total. The maximum Gasteiger partial charge on any atom is 0.0445 e. The summed E-state index contributed by atoms with van der Waals surface area (Å²) in [7, 11) is 0. The average Bonchev–Trinajstić information content (AvgIpc) is 2.25. The fourth-order valence-corrected chi connectivity index (χ4v) is 1.65. The Kier molecular flexibility index (Phi) is 5.37. The molecule has 0 aliphatic carbocycles. The van der Waals surface area contributed by atoms with Gasteiger partial charge in [-0.3, -0.25) is 0 Å². The van der Waals surface area contributed by atoms with E-state index in [2.05, 4.69) is 31.3 Å². The molecule has 2 heteroatoms. The first-order chi connectivity index (χ1) is 7.24. The zero-order valence-corrected chi connectivity index (χ0v) is 9.61. The van der Waals surface area contributed by atoms with Crippen LogP contribution in [-0.2, 0) is 6.54 Å². The van der Waals surface area contributed by atoms with Crippen molar-refractivity contribution in [2.24, 2.45) is 5.92 Å². The molecule has 0 saturated carbocycles. The van der Waals surface area contributed by atoms with E-state index in [1.165, 1.54) is 5.56 Å². The molecule has 0 aliphatic rings. The minimum Gasteiger partial charge on any atom is -0.396 e. The van der Waals surface area contributed by atoms with Gasteiger partial charge < -0.3 is 10.4 Å². The predicted molar refractivity (Wildman–Crippen MR) is 63.6 cm³/mol. The predicted octanol–water partition coefficient (Wildman–Crippen LogP) is 2.18. The second kappa shape index (κ2) is 6.59. The Balaban J connectivity index is 2.40. The minimum atomic E-state index is 0.255. The maximum atomic E-state index is 8.94. The molecule has 84 valence electrons. The summed E-state index contributed by atoms with van der Waals surface area (Å²) in [5, 5.41) is 12.4. The average molecular weight is 207 g/mol. The minimum absolute atomic E-state index is 0.255. The third-order valence-electron chi connectivity index (χ3n) is 2.66. The lowest BCUT2D eigenvalue weighted by molar-refractivity contribution is 0.244. The van der Waals surface area contributed by atoms with Gasteiger partial charge in [-0.2, -0.15) is 0 Å². The third kappa shape index (κ3) is 4.45. The zero-order valence-electron chi connectivity index (χ0n) is 9.61. The Morgan fingerprint density at radius 2 is 1.87 bits per heavy atom. The van der Waals surface area contributed by atoms with Crippen LogP contribution in [0.15, 0.2) is 30.3 Å². The standard InChI is InChI=1S/C13H21NO/c1-11(2)13(8-9-15)14-10-12-6-4-3-5-7-12/h3-7,11,13-15H,8-10H2,1-2H3. The van der Waals surface area contributed by atoms with E-state index in [1.807, 2.05) is 18.2 Å². The first-order valence-corrected chi connectivity index (χ1v) is 5.62. The smallest absolute Gasteiger partial charge is 0.0445 e. The molecule has 1 aromatic carbocycles. The van der Waals surface area contributed by atoms with Crippen LogP contribution in [0.5, 0.6) is 0 Å². The van der Waals surface area contributed by atoms with Crippen LogP contribution in [0.4, 0.5) is 0 Å². The van der Waals surface area contributed by atoms with Crippen LogP contribution >= 0.6 is 0 Å². The first-order valence-electron chi connectivity index (χ1n) is 5.62. The highest BCUT2D eigenvalue weighted by molar-refractivity contribution is 5.14. The molecule has 0 aromatic heterocycles. The molecule has 0 fully saturated rings. The SMILES string of the molecule is CC(C)C(CCO)NCc1ccccc1. The molecule has 1 aromatic rings. The van der Waals surface area contributed by atoms with E-state index in [0.717, 1.165) is 13.0 Å². The highest BCUT2D eigenvalue weighted by Gasteiger charge is 2.11. The Morgan fingerprint density at radius 3 is 2.40 bits per heavy atom. The van der Waals surface area contributed by atoms with Crippen molar-refractivity contribution in [1.82, 2.24) is 5.32 Å². The number of hydrogen-bond donors (Lipinski definition) is 2. The lowest BCUT2D eigenvalue weighted by atomic mass is 10.0. The van der Waals surface area contributed by atoms with Crippen molar-refractivity contribution < 1.29 is 5.11 Å². The van der Waals surface area contributed by atoms with Gasteiger partial charge in [0, 0.05) is 19.2 Å². The van der Waals surface area contributed by atoms with E-state index in [0.29, 0.717) is 12.0 Å². The fourth-order valence-electron chi connectivity index (χ4n) is 1.65. The van der Waals surface area contributed by atoms with Crippen molar-refractivity contribution in [2.45, 2.75) is 32.9 Å². The fraction of sp³-hybridized carbons (Fsp3) is 0.538. The molecule has 0 amide bonds. The Morgan fingerprint density at radius 1 is 1.20 bits per heavy atom. The first kappa shape index (κ1) is 12.2. The number of aliphatic hydroxyl groups is 1. The highest BCUT2D eigenvalue weighted by atomic mass is 16.3. The van der Waals surface area contributed by atoms with Gasteiger partial charge in [0.15, 0.2) is 0 Å². The number of aliphatic hydroxyl groups excluding tert-OH is 1. The molecule has 0 aliphatic heterocycles.